The van der Waals surface area contributed by atoms with Gasteiger partial charge in [-0.2, -0.15) is 4.31 Å². The van der Waals surface area contributed by atoms with Crippen LogP contribution in [0.15, 0.2) is 23.1 Å². The molecule has 0 spiro atoms. The molecular weight excluding hydrogens is 340 g/mol. The van der Waals surface area contributed by atoms with E-state index in [1.165, 1.54) is 4.31 Å². The lowest BCUT2D eigenvalue weighted by atomic mass is 9.98. The molecule has 1 aromatic carbocycles. The van der Waals surface area contributed by atoms with Gasteiger partial charge >= 0.3 is 0 Å². The molecular formula is C18H28N2O4S. The van der Waals surface area contributed by atoms with Crippen LogP contribution in [0.25, 0.3) is 0 Å². The van der Waals surface area contributed by atoms with Crippen LogP contribution in [-0.4, -0.2) is 44.9 Å². The predicted molar refractivity (Wildman–Crippen MR) is 97.1 cm³/mol. The van der Waals surface area contributed by atoms with Crippen LogP contribution in [0.1, 0.15) is 38.7 Å². The van der Waals surface area contributed by atoms with Crippen molar-refractivity contribution in [2.24, 2.45) is 5.92 Å². The molecule has 0 unspecified atom stereocenters. The Bertz CT molecular complexity index is 718. The molecule has 1 N–H and O–H groups in total. The SMILES string of the molecule is CC[C@@H](C)NC(=O)[C@H]1CCCN(S(=O)(=O)c2ccc(OC)c(C)c2)C1. The summed E-state index contributed by atoms with van der Waals surface area (Å²) in [6, 6.07) is 4.95. The minimum atomic E-state index is -3.61. The summed E-state index contributed by atoms with van der Waals surface area (Å²) in [5.74, 6) is 0.306. The lowest BCUT2D eigenvalue weighted by Crippen LogP contribution is -2.47. The van der Waals surface area contributed by atoms with Crippen molar-refractivity contribution in [3.8, 4) is 5.75 Å². The fraction of sp³-hybridized carbons (Fsp3) is 0.611. The first-order valence-electron chi connectivity index (χ1n) is 8.74. The number of rotatable bonds is 6. The Balaban J connectivity index is 2.16. The van der Waals surface area contributed by atoms with Crippen LogP contribution in [0.4, 0.5) is 0 Å². The summed E-state index contributed by atoms with van der Waals surface area (Å²) >= 11 is 0. The first-order chi connectivity index (χ1) is 11.8. The number of methoxy groups -OCH3 is 1. The molecule has 1 fully saturated rings. The molecule has 2 rings (SSSR count). The third kappa shape index (κ3) is 4.52. The number of benzene rings is 1. The summed E-state index contributed by atoms with van der Waals surface area (Å²) in [5, 5.41) is 2.96. The number of ether oxygens (including phenoxy) is 1. The molecule has 0 aromatic heterocycles. The lowest BCUT2D eigenvalue weighted by molar-refractivity contribution is -0.126. The van der Waals surface area contributed by atoms with Crippen LogP contribution >= 0.6 is 0 Å². The average molecular weight is 368 g/mol. The number of hydrogen-bond acceptors (Lipinski definition) is 4. The number of amides is 1. The molecule has 140 valence electrons. The monoisotopic (exact) mass is 368 g/mol. The van der Waals surface area contributed by atoms with Gasteiger partial charge in [-0.05, 0) is 56.9 Å². The van der Waals surface area contributed by atoms with Gasteiger partial charge in [-0.15, -0.1) is 0 Å². The molecule has 1 heterocycles. The van der Waals surface area contributed by atoms with E-state index in [9.17, 15) is 13.2 Å². The van der Waals surface area contributed by atoms with Gasteiger partial charge in [-0.3, -0.25) is 4.79 Å². The maximum atomic E-state index is 12.9. The van der Waals surface area contributed by atoms with Crippen molar-refractivity contribution in [3.05, 3.63) is 23.8 Å². The fourth-order valence-electron chi connectivity index (χ4n) is 3.00. The van der Waals surface area contributed by atoms with Crippen LogP contribution < -0.4 is 10.1 Å². The average Bonchev–Trinajstić information content (AvgIpc) is 2.61. The second-order valence-corrected chi connectivity index (χ2v) is 8.59. The van der Waals surface area contributed by atoms with Crippen molar-refractivity contribution < 1.29 is 17.9 Å². The van der Waals surface area contributed by atoms with E-state index in [1.807, 2.05) is 20.8 Å². The van der Waals surface area contributed by atoms with Crippen LogP contribution in [-0.2, 0) is 14.8 Å². The molecule has 1 aliphatic heterocycles. The van der Waals surface area contributed by atoms with Crippen LogP contribution in [0.3, 0.4) is 0 Å². The summed E-state index contributed by atoms with van der Waals surface area (Å²) in [6.45, 7) is 6.45. The third-order valence-corrected chi connectivity index (χ3v) is 6.62. The van der Waals surface area contributed by atoms with Gasteiger partial charge in [-0.1, -0.05) is 6.92 Å². The van der Waals surface area contributed by atoms with Crippen molar-refractivity contribution in [1.82, 2.24) is 9.62 Å². The Morgan fingerprint density at radius 2 is 2.16 bits per heavy atom. The van der Waals surface area contributed by atoms with E-state index in [-0.39, 0.29) is 29.3 Å². The maximum absolute atomic E-state index is 12.9. The first-order valence-corrected chi connectivity index (χ1v) is 10.2. The number of aryl methyl sites for hydroxylation is 1. The summed E-state index contributed by atoms with van der Waals surface area (Å²) in [4.78, 5) is 12.6. The van der Waals surface area contributed by atoms with E-state index < -0.39 is 10.0 Å². The molecule has 6 nitrogen and oxygen atoms in total. The molecule has 1 aromatic rings. The number of sulfonamides is 1. The highest BCUT2D eigenvalue weighted by atomic mass is 32.2. The normalized spacial score (nSPS) is 20.1. The molecule has 7 heteroatoms. The zero-order chi connectivity index (χ0) is 18.6. The largest absolute Gasteiger partial charge is 0.496 e. The molecule has 2 atom stereocenters. The molecule has 0 aliphatic carbocycles. The fourth-order valence-corrected chi connectivity index (χ4v) is 4.61. The van der Waals surface area contributed by atoms with Gasteiger partial charge in [0.05, 0.1) is 17.9 Å². The highest BCUT2D eigenvalue weighted by molar-refractivity contribution is 7.89. The van der Waals surface area contributed by atoms with E-state index >= 15 is 0 Å². The Hall–Kier alpha value is -1.60. The molecule has 0 radical (unpaired) electrons. The number of carbonyl (C=O) groups is 1. The lowest BCUT2D eigenvalue weighted by Gasteiger charge is -2.32. The summed E-state index contributed by atoms with van der Waals surface area (Å²) < 4.78 is 32.5. The summed E-state index contributed by atoms with van der Waals surface area (Å²) in [6.07, 6.45) is 2.26. The second-order valence-electron chi connectivity index (χ2n) is 6.65. The second kappa shape index (κ2) is 8.19. The minimum absolute atomic E-state index is 0.0554. The Kier molecular flexibility index (Phi) is 6.46. The van der Waals surface area contributed by atoms with Crippen molar-refractivity contribution in [2.75, 3.05) is 20.2 Å². The van der Waals surface area contributed by atoms with Crippen LogP contribution in [0, 0.1) is 12.8 Å². The Morgan fingerprint density at radius 1 is 1.44 bits per heavy atom. The van der Waals surface area contributed by atoms with E-state index in [2.05, 4.69) is 5.32 Å². The number of hydrogen-bond donors (Lipinski definition) is 1. The van der Waals surface area contributed by atoms with E-state index in [1.54, 1.807) is 25.3 Å². The van der Waals surface area contributed by atoms with Crippen molar-refractivity contribution in [1.29, 1.82) is 0 Å². The van der Waals surface area contributed by atoms with E-state index in [0.717, 1.165) is 18.4 Å². The van der Waals surface area contributed by atoms with E-state index in [4.69, 9.17) is 4.74 Å². The zero-order valence-corrected chi connectivity index (χ0v) is 16.2. The van der Waals surface area contributed by atoms with Gasteiger partial charge < -0.3 is 10.1 Å². The minimum Gasteiger partial charge on any atom is -0.496 e. The number of piperidine rings is 1. The highest BCUT2D eigenvalue weighted by Gasteiger charge is 2.33. The topological polar surface area (TPSA) is 75.7 Å². The van der Waals surface area contributed by atoms with Gasteiger partial charge in [0.15, 0.2) is 0 Å². The molecule has 0 saturated carbocycles. The van der Waals surface area contributed by atoms with Gasteiger partial charge in [0.1, 0.15) is 5.75 Å². The van der Waals surface area contributed by atoms with Crippen molar-refractivity contribution >= 4 is 15.9 Å². The molecule has 1 aliphatic rings. The Morgan fingerprint density at radius 3 is 2.76 bits per heavy atom. The molecule has 25 heavy (non-hydrogen) atoms. The van der Waals surface area contributed by atoms with Gasteiger partial charge in [0, 0.05) is 19.1 Å². The smallest absolute Gasteiger partial charge is 0.243 e. The van der Waals surface area contributed by atoms with E-state index in [0.29, 0.717) is 18.7 Å². The standard InChI is InChI=1S/C18H28N2O4S/c1-5-14(3)19-18(21)15-7-6-10-20(12-15)25(22,23)16-8-9-17(24-4)13(2)11-16/h8-9,11,14-15H,5-7,10,12H2,1-4H3,(H,19,21)/t14-,15+/m1/s1. The zero-order valence-electron chi connectivity index (χ0n) is 15.4. The van der Waals surface area contributed by atoms with Gasteiger partial charge in [0.2, 0.25) is 15.9 Å². The van der Waals surface area contributed by atoms with Gasteiger partial charge in [0.25, 0.3) is 0 Å². The van der Waals surface area contributed by atoms with Crippen molar-refractivity contribution in [3.63, 3.8) is 0 Å². The first kappa shape index (κ1) is 19.7. The van der Waals surface area contributed by atoms with Crippen LogP contribution in [0.5, 0.6) is 5.75 Å². The molecule has 0 bridgehead atoms. The molecule has 1 amide bonds. The number of nitrogens with one attached hydrogen (secondary N) is 1. The number of nitrogens with zero attached hydrogens (tertiary/aromatic N) is 1. The Labute approximate surface area is 150 Å². The highest BCUT2D eigenvalue weighted by Crippen LogP contribution is 2.27. The number of carbonyl (C=O) groups excluding carboxylic acids is 1. The summed E-state index contributed by atoms with van der Waals surface area (Å²) in [5.41, 5.74) is 0.770. The quantitative estimate of drug-likeness (QED) is 0.836. The van der Waals surface area contributed by atoms with Crippen molar-refractivity contribution in [2.45, 2.75) is 51.0 Å². The van der Waals surface area contributed by atoms with Gasteiger partial charge in [-0.25, -0.2) is 8.42 Å². The predicted octanol–water partition coefficient (Wildman–Crippen LogP) is 2.32. The maximum Gasteiger partial charge on any atom is 0.243 e. The van der Waals surface area contributed by atoms with Crippen LogP contribution in [0.2, 0.25) is 0 Å². The molecule has 1 saturated heterocycles. The summed E-state index contributed by atoms with van der Waals surface area (Å²) in [7, 11) is -2.06. The third-order valence-electron chi connectivity index (χ3n) is 4.76.